The Labute approximate surface area is 218 Å². The molecule has 1 aliphatic heterocycles. The Morgan fingerprint density at radius 2 is 1.65 bits per heavy atom. The molecule has 0 unspecified atom stereocenters. The lowest BCUT2D eigenvalue weighted by Crippen LogP contribution is -2.65. The summed E-state index contributed by atoms with van der Waals surface area (Å²) in [5, 5.41) is 10.4. The third-order valence-corrected chi connectivity index (χ3v) is 5.20. The van der Waals surface area contributed by atoms with E-state index in [2.05, 4.69) is 20.8 Å². The number of esters is 1. The second-order valence-electron chi connectivity index (χ2n) is 10.7. The van der Waals surface area contributed by atoms with Crippen LogP contribution in [-0.2, 0) is 33.5 Å². The molecule has 0 saturated carbocycles. The smallest absolute Gasteiger partial charge is 0.413 e. The number of amides is 4. The molecule has 1 atom stereocenters. The Hall–Kier alpha value is -3.55. The molecule has 1 saturated heterocycles. The molecule has 1 aromatic rings. The van der Waals surface area contributed by atoms with Gasteiger partial charge in [-0.3, -0.25) is 24.6 Å². The van der Waals surface area contributed by atoms with E-state index in [9.17, 15) is 24.0 Å². The average Bonchev–Trinajstić information content (AvgIpc) is 3.15. The van der Waals surface area contributed by atoms with E-state index >= 15 is 0 Å². The highest BCUT2D eigenvalue weighted by Gasteiger charge is 2.41. The number of imide groups is 1. The predicted molar refractivity (Wildman–Crippen MR) is 134 cm³/mol. The van der Waals surface area contributed by atoms with Gasteiger partial charge in [0.15, 0.2) is 10.8 Å². The van der Waals surface area contributed by atoms with Crippen molar-refractivity contribution in [2.75, 3.05) is 11.9 Å². The third kappa shape index (κ3) is 8.51. The van der Waals surface area contributed by atoms with Gasteiger partial charge in [-0.25, -0.2) is 14.6 Å². The predicted octanol–water partition coefficient (Wildman–Crippen LogP) is 2.20. The van der Waals surface area contributed by atoms with Crippen LogP contribution in [-0.4, -0.2) is 74.8 Å². The molecule has 14 heteroatoms. The quantitative estimate of drug-likeness (QED) is 0.229. The van der Waals surface area contributed by atoms with Crippen molar-refractivity contribution < 1.29 is 38.3 Å². The first kappa shape index (κ1) is 29.7. The lowest BCUT2D eigenvalue weighted by molar-refractivity contribution is -0.179. The Morgan fingerprint density at radius 1 is 1.05 bits per heavy atom. The number of carbonyl (C=O) groups excluding carboxylic acids is 5. The molecular weight excluding hydrogens is 506 g/mol. The van der Waals surface area contributed by atoms with Crippen molar-refractivity contribution in [2.45, 2.75) is 85.2 Å². The van der Waals surface area contributed by atoms with E-state index in [1.165, 1.54) is 26.2 Å². The van der Waals surface area contributed by atoms with E-state index in [0.717, 1.165) is 16.2 Å². The van der Waals surface area contributed by atoms with Crippen LogP contribution in [0.3, 0.4) is 0 Å². The number of hydrogen-bond donors (Lipinski definition) is 2. The Bertz CT molecular complexity index is 1110. The zero-order valence-corrected chi connectivity index (χ0v) is 23.2. The van der Waals surface area contributed by atoms with Gasteiger partial charge in [-0.05, 0) is 55.4 Å². The van der Waals surface area contributed by atoms with Gasteiger partial charge in [-0.2, -0.15) is 0 Å². The fraction of sp³-hybridized carbons (Fsp3) is 0.609. The molecule has 1 aromatic heterocycles. The van der Waals surface area contributed by atoms with Gasteiger partial charge in [0.25, 0.3) is 11.8 Å². The number of β-lactam (4-membered cyclic amide) rings is 1. The summed E-state index contributed by atoms with van der Waals surface area (Å²) in [5.41, 5.74) is -3.46. The van der Waals surface area contributed by atoms with Crippen molar-refractivity contribution in [3.8, 4) is 0 Å². The number of aromatic nitrogens is 1. The van der Waals surface area contributed by atoms with Crippen LogP contribution in [0, 0.1) is 0 Å². The van der Waals surface area contributed by atoms with Gasteiger partial charge >= 0.3 is 12.1 Å². The number of ether oxygens (including phenoxy) is 2. The van der Waals surface area contributed by atoms with Crippen LogP contribution in [0.4, 0.5) is 9.93 Å². The molecule has 1 fully saturated rings. The number of carbonyl (C=O) groups is 5. The van der Waals surface area contributed by atoms with Crippen molar-refractivity contribution in [3.05, 3.63) is 11.1 Å². The number of anilines is 1. The van der Waals surface area contributed by atoms with Crippen molar-refractivity contribution in [2.24, 2.45) is 5.16 Å². The van der Waals surface area contributed by atoms with Gasteiger partial charge in [-0.1, -0.05) is 5.16 Å². The zero-order valence-electron chi connectivity index (χ0n) is 22.4. The molecule has 4 amide bonds. The lowest BCUT2D eigenvalue weighted by atomic mass is 10.1. The Morgan fingerprint density at radius 3 is 2.16 bits per heavy atom. The highest BCUT2D eigenvalue weighted by molar-refractivity contribution is 7.14. The van der Waals surface area contributed by atoms with Gasteiger partial charge in [0.2, 0.25) is 11.5 Å². The lowest BCUT2D eigenvalue weighted by Gasteiger charge is -2.36. The second kappa shape index (κ2) is 10.8. The number of rotatable bonds is 7. The first-order chi connectivity index (χ1) is 16.8. The van der Waals surface area contributed by atoms with Gasteiger partial charge < -0.3 is 19.6 Å². The van der Waals surface area contributed by atoms with Gasteiger partial charge in [0.05, 0.1) is 6.54 Å². The molecular formula is C23H33N5O8S. The van der Waals surface area contributed by atoms with E-state index in [0.29, 0.717) is 0 Å². The van der Waals surface area contributed by atoms with Crippen LogP contribution in [0.1, 0.15) is 68.0 Å². The minimum Gasteiger partial charge on any atom is -0.457 e. The first-order valence-electron chi connectivity index (χ1n) is 11.4. The molecule has 37 heavy (non-hydrogen) atoms. The highest BCUT2D eigenvalue weighted by atomic mass is 32.1. The number of hydrogen-bond acceptors (Lipinski definition) is 11. The summed E-state index contributed by atoms with van der Waals surface area (Å²) < 4.78 is 10.5. The van der Waals surface area contributed by atoms with Crippen molar-refractivity contribution in [3.63, 3.8) is 0 Å². The van der Waals surface area contributed by atoms with Crippen LogP contribution in [0.25, 0.3) is 0 Å². The summed E-state index contributed by atoms with van der Waals surface area (Å²) in [4.78, 5) is 71.8. The van der Waals surface area contributed by atoms with Crippen LogP contribution >= 0.6 is 11.3 Å². The standard InChI is InChI=1S/C23H33N5O8S/c1-12(29)28-10-13(17(28)31)24-16(30)15(27-36-23(8,9)18(32)34-21(2,3)4)14-11-37-19(25-14)26-20(33)35-22(5,6)7/h11,13H,10H2,1-9H3,(H,24,30)(H,25,26,33)/b27-15-/t13-/m0/s1. The molecule has 2 heterocycles. The Balaban J connectivity index is 2.28. The van der Waals surface area contributed by atoms with Gasteiger partial charge in [0, 0.05) is 12.3 Å². The van der Waals surface area contributed by atoms with E-state index in [1.54, 1.807) is 41.5 Å². The van der Waals surface area contributed by atoms with Crippen LogP contribution in [0.15, 0.2) is 10.5 Å². The summed E-state index contributed by atoms with van der Waals surface area (Å²) in [7, 11) is 0. The molecule has 0 bridgehead atoms. The highest BCUT2D eigenvalue weighted by Crippen LogP contribution is 2.21. The molecule has 0 radical (unpaired) electrons. The average molecular weight is 540 g/mol. The summed E-state index contributed by atoms with van der Waals surface area (Å²) >= 11 is 0.990. The van der Waals surface area contributed by atoms with Gasteiger partial charge in [-0.15, -0.1) is 11.3 Å². The van der Waals surface area contributed by atoms with Crippen LogP contribution in [0.2, 0.25) is 0 Å². The van der Waals surface area contributed by atoms with E-state index in [-0.39, 0.29) is 23.1 Å². The maximum Gasteiger partial charge on any atom is 0.413 e. The monoisotopic (exact) mass is 539 g/mol. The Kier molecular flexibility index (Phi) is 8.68. The summed E-state index contributed by atoms with van der Waals surface area (Å²) in [6.07, 6.45) is -0.747. The maximum atomic E-state index is 13.1. The fourth-order valence-electron chi connectivity index (χ4n) is 2.68. The number of thiazole rings is 1. The van der Waals surface area contributed by atoms with E-state index in [4.69, 9.17) is 14.3 Å². The molecule has 2 N–H and O–H groups in total. The topological polar surface area (TPSA) is 166 Å². The molecule has 1 aliphatic rings. The second-order valence-corrected chi connectivity index (χ2v) is 11.6. The van der Waals surface area contributed by atoms with Crippen LogP contribution in [0.5, 0.6) is 0 Å². The van der Waals surface area contributed by atoms with Crippen molar-refractivity contribution in [1.29, 1.82) is 0 Å². The molecule has 0 spiro atoms. The van der Waals surface area contributed by atoms with Crippen molar-refractivity contribution in [1.82, 2.24) is 15.2 Å². The molecule has 0 aromatic carbocycles. The van der Waals surface area contributed by atoms with Crippen molar-refractivity contribution >= 4 is 52.0 Å². The number of nitrogens with zero attached hydrogens (tertiary/aromatic N) is 3. The van der Waals surface area contributed by atoms with E-state index < -0.39 is 52.6 Å². The molecule has 2 rings (SSSR count). The number of nitrogens with one attached hydrogen (secondary N) is 2. The summed E-state index contributed by atoms with van der Waals surface area (Å²) in [5.74, 6) is -2.57. The molecule has 204 valence electrons. The van der Waals surface area contributed by atoms with Gasteiger partial charge in [0.1, 0.15) is 22.9 Å². The van der Waals surface area contributed by atoms with Crippen LogP contribution < -0.4 is 10.6 Å². The largest absolute Gasteiger partial charge is 0.457 e. The molecule has 0 aliphatic carbocycles. The SMILES string of the molecule is CC(=O)N1C[C@H](NC(=O)/C(=N\OC(C)(C)C(=O)OC(C)(C)C)c2csc(NC(=O)OC(C)(C)C)n2)C1=O. The first-order valence-corrected chi connectivity index (χ1v) is 12.3. The summed E-state index contributed by atoms with van der Waals surface area (Å²) in [6.45, 7) is 14.2. The van der Waals surface area contributed by atoms with E-state index in [1.807, 2.05) is 0 Å². The number of likely N-dealkylation sites (tertiary alicyclic amines) is 1. The molecule has 13 nitrogen and oxygen atoms in total. The minimum atomic E-state index is -1.58. The maximum absolute atomic E-state index is 13.1. The normalized spacial score (nSPS) is 16.5. The zero-order chi connectivity index (χ0) is 28.3. The third-order valence-electron chi connectivity index (χ3n) is 4.44. The minimum absolute atomic E-state index is 0.0000393. The fourth-order valence-corrected chi connectivity index (χ4v) is 3.36. The number of oxime groups is 1. The summed E-state index contributed by atoms with van der Waals surface area (Å²) in [6, 6.07) is -0.946.